The molecular formula is C20H23ClO3S. The van der Waals surface area contributed by atoms with Crippen LogP contribution >= 0.6 is 23.4 Å². The smallest absolute Gasteiger partial charge is 0.201 e. The van der Waals surface area contributed by atoms with E-state index in [2.05, 4.69) is 0 Å². The summed E-state index contributed by atoms with van der Waals surface area (Å²) < 4.78 is 5.86. The Kier molecular flexibility index (Phi) is 6.60. The molecule has 2 aliphatic rings. The van der Waals surface area contributed by atoms with Gasteiger partial charge in [-0.05, 0) is 48.2 Å². The minimum Gasteiger partial charge on any atom is -0.492 e. The van der Waals surface area contributed by atoms with Crippen molar-refractivity contribution in [2.24, 2.45) is 5.92 Å². The highest BCUT2D eigenvalue weighted by Crippen LogP contribution is 2.35. The molecule has 2 fully saturated rings. The fraction of sp³-hybridized carbons (Fsp3) is 0.500. The normalized spacial score (nSPS) is 20.4. The van der Waals surface area contributed by atoms with Crippen LogP contribution in [0.2, 0.25) is 5.02 Å². The number of ketones is 1. The Hall–Kier alpha value is -1.26. The van der Waals surface area contributed by atoms with Gasteiger partial charge in [0.1, 0.15) is 5.75 Å². The number of benzene rings is 1. The molecule has 1 aliphatic heterocycles. The molecular weight excluding hydrogens is 356 g/mol. The minimum atomic E-state index is -0.134. The standard InChI is InChI=1S/C20H23ClO3S/c21-20-15(12-18-16(22)13-19(23)25-18)9-4-10-17(20)24-11-5-8-14-6-2-1-3-7-14/h4,9-10,12,14H,1-3,5-8,11,13H2/b18-12-. The molecule has 0 bridgehead atoms. The van der Waals surface area contributed by atoms with Gasteiger partial charge in [0.15, 0.2) is 5.78 Å². The third-order valence-electron chi connectivity index (χ3n) is 4.82. The van der Waals surface area contributed by atoms with Crippen molar-refractivity contribution in [3.63, 3.8) is 0 Å². The lowest BCUT2D eigenvalue weighted by Crippen LogP contribution is -2.08. The second kappa shape index (κ2) is 8.91. The lowest BCUT2D eigenvalue weighted by Gasteiger charge is -2.21. The number of carbonyl (C=O) groups excluding carboxylic acids is 2. The number of ether oxygens (including phenoxy) is 1. The predicted molar refractivity (Wildman–Crippen MR) is 103 cm³/mol. The van der Waals surface area contributed by atoms with Crippen LogP contribution in [0, 0.1) is 5.92 Å². The van der Waals surface area contributed by atoms with Crippen molar-refractivity contribution >= 4 is 40.3 Å². The van der Waals surface area contributed by atoms with Crippen molar-refractivity contribution in [3.8, 4) is 5.75 Å². The van der Waals surface area contributed by atoms with Gasteiger partial charge >= 0.3 is 0 Å². The summed E-state index contributed by atoms with van der Waals surface area (Å²) in [6.07, 6.45) is 10.8. The van der Waals surface area contributed by atoms with Crippen LogP contribution in [-0.2, 0) is 9.59 Å². The molecule has 134 valence electrons. The Bertz CT molecular complexity index is 678. The molecule has 0 unspecified atom stereocenters. The van der Waals surface area contributed by atoms with Gasteiger partial charge in [-0.3, -0.25) is 9.59 Å². The number of Topliss-reactive ketones (excluding diaryl/α,β-unsaturated/α-hetero) is 1. The van der Waals surface area contributed by atoms with Crippen molar-refractivity contribution in [3.05, 3.63) is 33.7 Å². The molecule has 0 aromatic heterocycles. The first-order valence-corrected chi connectivity index (χ1v) is 10.2. The predicted octanol–water partition coefficient (Wildman–Crippen LogP) is 5.65. The zero-order chi connectivity index (χ0) is 17.6. The average molecular weight is 379 g/mol. The third-order valence-corrected chi connectivity index (χ3v) is 6.16. The van der Waals surface area contributed by atoms with E-state index in [1.807, 2.05) is 18.2 Å². The van der Waals surface area contributed by atoms with E-state index in [-0.39, 0.29) is 17.3 Å². The van der Waals surface area contributed by atoms with Gasteiger partial charge in [0.25, 0.3) is 0 Å². The zero-order valence-corrected chi connectivity index (χ0v) is 15.8. The van der Waals surface area contributed by atoms with Crippen LogP contribution in [0.4, 0.5) is 0 Å². The lowest BCUT2D eigenvalue weighted by molar-refractivity contribution is -0.119. The molecule has 3 rings (SSSR count). The van der Waals surface area contributed by atoms with E-state index in [9.17, 15) is 9.59 Å². The van der Waals surface area contributed by atoms with Gasteiger partial charge in [-0.1, -0.05) is 55.8 Å². The van der Waals surface area contributed by atoms with E-state index < -0.39 is 0 Å². The highest BCUT2D eigenvalue weighted by molar-refractivity contribution is 8.18. The number of halogens is 1. The summed E-state index contributed by atoms with van der Waals surface area (Å²) in [5.41, 5.74) is 0.719. The van der Waals surface area contributed by atoms with Crippen LogP contribution in [-0.4, -0.2) is 17.5 Å². The van der Waals surface area contributed by atoms with Crippen molar-refractivity contribution < 1.29 is 14.3 Å². The first-order chi connectivity index (χ1) is 12.1. The number of rotatable bonds is 6. The van der Waals surface area contributed by atoms with Gasteiger partial charge in [-0.2, -0.15) is 0 Å². The fourth-order valence-corrected chi connectivity index (χ4v) is 4.52. The number of thioether (sulfide) groups is 1. The molecule has 0 atom stereocenters. The maximum absolute atomic E-state index is 11.8. The van der Waals surface area contributed by atoms with Crippen LogP contribution in [0.25, 0.3) is 6.08 Å². The summed E-state index contributed by atoms with van der Waals surface area (Å²) in [6.45, 7) is 0.655. The first kappa shape index (κ1) is 18.5. The highest BCUT2D eigenvalue weighted by atomic mass is 35.5. The Morgan fingerprint density at radius 3 is 2.72 bits per heavy atom. The molecule has 1 heterocycles. The molecule has 0 spiro atoms. The van der Waals surface area contributed by atoms with E-state index in [0.717, 1.165) is 29.7 Å². The second-order valence-electron chi connectivity index (χ2n) is 6.74. The molecule has 3 nitrogen and oxygen atoms in total. The average Bonchev–Trinajstić information content (AvgIpc) is 2.93. The first-order valence-electron chi connectivity index (χ1n) is 9.00. The van der Waals surface area contributed by atoms with E-state index in [1.54, 1.807) is 6.08 Å². The molecule has 25 heavy (non-hydrogen) atoms. The van der Waals surface area contributed by atoms with Gasteiger partial charge < -0.3 is 4.74 Å². The third kappa shape index (κ3) is 5.11. The lowest BCUT2D eigenvalue weighted by atomic mass is 9.86. The fourth-order valence-electron chi connectivity index (χ4n) is 3.47. The Labute approximate surface area is 158 Å². The topological polar surface area (TPSA) is 43.4 Å². The summed E-state index contributed by atoms with van der Waals surface area (Å²) >= 11 is 7.42. The van der Waals surface area contributed by atoms with Crippen molar-refractivity contribution in [2.45, 2.75) is 51.4 Å². The molecule has 1 aliphatic carbocycles. The SMILES string of the molecule is O=C1CC(=O)/C(=C/c2cccc(OCCCC3CCCCC3)c2Cl)S1. The van der Waals surface area contributed by atoms with Crippen molar-refractivity contribution in [2.75, 3.05) is 6.61 Å². The zero-order valence-electron chi connectivity index (χ0n) is 14.3. The maximum Gasteiger partial charge on any atom is 0.201 e. The van der Waals surface area contributed by atoms with E-state index in [4.69, 9.17) is 16.3 Å². The van der Waals surface area contributed by atoms with Crippen LogP contribution in [0.1, 0.15) is 56.9 Å². The quantitative estimate of drug-likeness (QED) is 0.364. The summed E-state index contributed by atoms with van der Waals surface area (Å²) in [7, 11) is 0. The van der Waals surface area contributed by atoms with Crippen LogP contribution in [0.5, 0.6) is 5.75 Å². The van der Waals surface area contributed by atoms with Crippen LogP contribution in [0.3, 0.4) is 0 Å². The Balaban J connectivity index is 1.56. The summed E-state index contributed by atoms with van der Waals surface area (Å²) in [4.78, 5) is 23.6. The van der Waals surface area contributed by atoms with E-state index in [0.29, 0.717) is 22.3 Å². The largest absolute Gasteiger partial charge is 0.492 e. The van der Waals surface area contributed by atoms with Crippen molar-refractivity contribution in [1.82, 2.24) is 0 Å². The maximum atomic E-state index is 11.8. The Morgan fingerprint density at radius 1 is 1.20 bits per heavy atom. The van der Waals surface area contributed by atoms with E-state index in [1.165, 1.54) is 38.5 Å². The van der Waals surface area contributed by atoms with Gasteiger partial charge in [0.2, 0.25) is 5.12 Å². The molecule has 1 saturated carbocycles. The molecule has 1 saturated heterocycles. The second-order valence-corrected chi connectivity index (χ2v) is 8.21. The monoisotopic (exact) mass is 378 g/mol. The van der Waals surface area contributed by atoms with Gasteiger partial charge in [0, 0.05) is 0 Å². The van der Waals surface area contributed by atoms with Crippen LogP contribution in [0.15, 0.2) is 23.1 Å². The summed E-state index contributed by atoms with van der Waals surface area (Å²) in [6, 6.07) is 5.54. The molecule has 1 aromatic carbocycles. The number of allylic oxidation sites excluding steroid dienone is 1. The molecule has 0 N–H and O–H groups in total. The summed E-state index contributed by atoms with van der Waals surface area (Å²) in [5, 5.41) is 0.392. The molecule has 5 heteroatoms. The van der Waals surface area contributed by atoms with Gasteiger partial charge in [-0.25, -0.2) is 0 Å². The summed E-state index contributed by atoms with van der Waals surface area (Å²) in [5.74, 6) is 1.36. The van der Waals surface area contributed by atoms with Gasteiger partial charge in [-0.15, -0.1) is 0 Å². The Morgan fingerprint density at radius 2 is 2.00 bits per heavy atom. The van der Waals surface area contributed by atoms with Crippen molar-refractivity contribution in [1.29, 1.82) is 0 Å². The number of hydrogen-bond donors (Lipinski definition) is 0. The number of hydrogen-bond acceptors (Lipinski definition) is 4. The highest BCUT2D eigenvalue weighted by Gasteiger charge is 2.26. The number of carbonyl (C=O) groups is 2. The molecule has 0 amide bonds. The minimum absolute atomic E-state index is 0.0223. The van der Waals surface area contributed by atoms with E-state index >= 15 is 0 Å². The molecule has 0 radical (unpaired) electrons. The van der Waals surface area contributed by atoms with Gasteiger partial charge in [0.05, 0.1) is 23.0 Å². The van der Waals surface area contributed by atoms with Crippen LogP contribution < -0.4 is 4.74 Å². The molecule has 1 aromatic rings.